The van der Waals surface area contributed by atoms with Gasteiger partial charge in [0.05, 0.1) is 10.6 Å². The first-order valence-electron chi connectivity index (χ1n) is 13.5. The Morgan fingerprint density at radius 1 is 0.857 bits per heavy atom. The summed E-state index contributed by atoms with van der Waals surface area (Å²) in [5, 5.41) is 3.12. The van der Waals surface area contributed by atoms with Crippen molar-refractivity contribution in [3.05, 3.63) is 130 Å². The maximum atomic E-state index is 14.3. The zero-order chi connectivity index (χ0) is 30.3. The summed E-state index contributed by atoms with van der Waals surface area (Å²) >= 11 is 6.50. The molecule has 0 heterocycles. The third-order valence-corrected chi connectivity index (χ3v) is 9.19. The molecule has 4 aromatic rings. The second-order valence-electron chi connectivity index (χ2n) is 10.0. The van der Waals surface area contributed by atoms with Crippen molar-refractivity contribution < 1.29 is 18.0 Å². The number of aryl methyl sites for hydroxylation is 2. The summed E-state index contributed by atoms with van der Waals surface area (Å²) < 4.78 is 29.2. The summed E-state index contributed by atoms with van der Waals surface area (Å²) in [6.07, 6.45) is 0.228. The molecule has 0 radical (unpaired) electrons. The molecule has 0 aliphatic heterocycles. The number of nitrogens with zero attached hydrogens (tertiary/aromatic N) is 2. The van der Waals surface area contributed by atoms with Crippen LogP contribution in [0.2, 0.25) is 5.02 Å². The molecule has 4 rings (SSSR count). The topological polar surface area (TPSA) is 86.8 Å². The fourth-order valence-corrected chi connectivity index (χ4v) is 6.54. The Labute approximate surface area is 252 Å². The summed E-state index contributed by atoms with van der Waals surface area (Å²) in [6, 6.07) is 28.9. The Hall–Kier alpha value is -4.14. The van der Waals surface area contributed by atoms with Gasteiger partial charge in [-0.05, 0) is 54.8 Å². The highest BCUT2D eigenvalue weighted by Gasteiger charge is 2.35. The van der Waals surface area contributed by atoms with Crippen molar-refractivity contribution in [2.75, 3.05) is 17.9 Å². The summed E-state index contributed by atoms with van der Waals surface area (Å²) in [7, 11) is -2.64. The first kappa shape index (κ1) is 30.8. The van der Waals surface area contributed by atoms with Gasteiger partial charge in [-0.25, -0.2) is 8.42 Å². The third kappa shape index (κ3) is 7.19. The van der Waals surface area contributed by atoms with Crippen LogP contribution in [0.1, 0.15) is 22.3 Å². The van der Waals surface area contributed by atoms with Gasteiger partial charge in [-0.1, -0.05) is 96.0 Å². The van der Waals surface area contributed by atoms with E-state index < -0.39 is 28.5 Å². The highest BCUT2D eigenvalue weighted by molar-refractivity contribution is 7.92. The van der Waals surface area contributed by atoms with Crippen LogP contribution in [0, 0.1) is 13.8 Å². The molecule has 0 bridgehead atoms. The van der Waals surface area contributed by atoms with Crippen molar-refractivity contribution in [1.82, 2.24) is 10.2 Å². The molecule has 0 aromatic heterocycles. The summed E-state index contributed by atoms with van der Waals surface area (Å²) in [5.74, 6) is -0.915. The zero-order valence-corrected chi connectivity index (χ0v) is 25.4. The van der Waals surface area contributed by atoms with E-state index >= 15 is 0 Å². The first-order chi connectivity index (χ1) is 20.1. The van der Waals surface area contributed by atoms with Crippen LogP contribution in [0.25, 0.3) is 0 Å². The molecule has 1 N–H and O–H groups in total. The lowest BCUT2D eigenvalue weighted by atomic mass is 10.0. The van der Waals surface area contributed by atoms with E-state index in [1.165, 1.54) is 24.1 Å². The highest BCUT2D eigenvalue weighted by Crippen LogP contribution is 2.29. The van der Waals surface area contributed by atoms with Gasteiger partial charge in [-0.15, -0.1) is 0 Å². The van der Waals surface area contributed by atoms with Gasteiger partial charge in [0.2, 0.25) is 11.8 Å². The van der Waals surface area contributed by atoms with E-state index in [9.17, 15) is 18.0 Å². The van der Waals surface area contributed by atoms with E-state index in [2.05, 4.69) is 5.32 Å². The molecule has 1 atom stereocenters. The molecular weight excluding hydrogens is 570 g/mol. The molecule has 7 nitrogen and oxygen atoms in total. The fourth-order valence-electron chi connectivity index (χ4n) is 4.85. The molecule has 42 heavy (non-hydrogen) atoms. The van der Waals surface area contributed by atoms with Gasteiger partial charge in [-0.3, -0.25) is 13.9 Å². The lowest BCUT2D eigenvalue weighted by Crippen LogP contribution is -2.53. The van der Waals surface area contributed by atoms with Crippen LogP contribution < -0.4 is 9.62 Å². The molecule has 9 heteroatoms. The molecule has 0 aliphatic carbocycles. The van der Waals surface area contributed by atoms with Crippen LogP contribution in [-0.4, -0.2) is 44.8 Å². The second kappa shape index (κ2) is 13.7. The molecule has 218 valence electrons. The number of hydrogen-bond donors (Lipinski definition) is 1. The number of sulfonamides is 1. The number of halogens is 1. The van der Waals surface area contributed by atoms with Crippen LogP contribution in [0.15, 0.2) is 108 Å². The van der Waals surface area contributed by atoms with Crippen molar-refractivity contribution >= 4 is 39.1 Å². The third-order valence-electron chi connectivity index (χ3n) is 7.05. The van der Waals surface area contributed by atoms with Gasteiger partial charge in [0, 0.05) is 25.0 Å². The van der Waals surface area contributed by atoms with Crippen molar-refractivity contribution in [2.24, 2.45) is 0 Å². The molecule has 0 unspecified atom stereocenters. The molecule has 0 saturated heterocycles. The Bertz CT molecular complexity index is 1650. The average Bonchev–Trinajstić information content (AvgIpc) is 2.99. The molecule has 0 fully saturated rings. The zero-order valence-electron chi connectivity index (χ0n) is 23.8. The number of rotatable bonds is 11. The van der Waals surface area contributed by atoms with Crippen molar-refractivity contribution in [3.8, 4) is 0 Å². The van der Waals surface area contributed by atoms with Crippen LogP contribution in [0.4, 0.5) is 5.69 Å². The van der Waals surface area contributed by atoms with Gasteiger partial charge < -0.3 is 10.2 Å². The minimum absolute atomic E-state index is 0.00946. The Morgan fingerprint density at radius 2 is 1.48 bits per heavy atom. The summed E-state index contributed by atoms with van der Waals surface area (Å²) in [4.78, 5) is 29.2. The van der Waals surface area contributed by atoms with E-state index in [4.69, 9.17) is 11.6 Å². The van der Waals surface area contributed by atoms with Crippen LogP contribution in [0.3, 0.4) is 0 Å². The van der Waals surface area contributed by atoms with Gasteiger partial charge in [0.15, 0.2) is 0 Å². The minimum Gasteiger partial charge on any atom is -0.357 e. The number of amides is 2. The van der Waals surface area contributed by atoms with E-state index in [0.717, 1.165) is 15.4 Å². The quantitative estimate of drug-likeness (QED) is 0.244. The number of likely N-dealkylation sites (N-methyl/N-ethyl adjacent to an activating group) is 1. The van der Waals surface area contributed by atoms with Crippen LogP contribution in [0.5, 0.6) is 0 Å². The van der Waals surface area contributed by atoms with Gasteiger partial charge in [0.25, 0.3) is 10.0 Å². The molecular formula is C33H34ClN3O4S. The smallest absolute Gasteiger partial charge is 0.264 e. The molecule has 0 aliphatic rings. The lowest BCUT2D eigenvalue weighted by Gasteiger charge is -2.34. The predicted molar refractivity (Wildman–Crippen MR) is 167 cm³/mol. The van der Waals surface area contributed by atoms with Gasteiger partial charge in [-0.2, -0.15) is 0 Å². The van der Waals surface area contributed by atoms with E-state index in [0.29, 0.717) is 21.8 Å². The minimum atomic E-state index is -4.15. The number of carbonyl (C=O) groups excluding carboxylic acids is 2. The van der Waals surface area contributed by atoms with Crippen molar-refractivity contribution in [2.45, 2.75) is 37.8 Å². The first-order valence-corrected chi connectivity index (χ1v) is 15.4. The standard InChI is InChI=1S/C33H34ClN3O4S/c1-24-18-19-30(25(2)20-24)37(42(40,41)28-15-8-5-9-16-28)23-32(38)36(22-27-14-10-11-17-29(27)34)31(33(39)35-3)21-26-12-6-4-7-13-26/h4-20,31H,21-23H2,1-3H3,(H,35,39)/t31-/m0/s1. The van der Waals surface area contributed by atoms with Crippen molar-refractivity contribution in [1.29, 1.82) is 0 Å². The molecule has 4 aromatic carbocycles. The van der Waals surface area contributed by atoms with E-state index in [1.54, 1.807) is 48.5 Å². The Kier molecular flexibility index (Phi) is 10.0. The number of benzene rings is 4. The molecule has 2 amide bonds. The second-order valence-corrected chi connectivity index (χ2v) is 12.3. The number of nitrogens with one attached hydrogen (secondary N) is 1. The van der Waals surface area contributed by atoms with E-state index in [1.807, 2.05) is 56.3 Å². The van der Waals surface area contributed by atoms with E-state index in [-0.39, 0.29) is 23.8 Å². The Morgan fingerprint density at radius 3 is 2.10 bits per heavy atom. The number of carbonyl (C=O) groups is 2. The van der Waals surface area contributed by atoms with Gasteiger partial charge >= 0.3 is 0 Å². The number of hydrogen-bond acceptors (Lipinski definition) is 4. The molecule has 0 spiro atoms. The average molecular weight is 604 g/mol. The van der Waals surface area contributed by atoms with Crippen molar-refractivity contribution in [3.63, 3.8) is 0 Å². The monoisotopic (exact) mass is 603 g/mol. The maximum absolute atomic E-state index is 14.3. The Balaban J connectivity index is 1.81. The summed E-state index contributed by atoms with van der Waals surface area (Å²) in [5.41, 5.74) is 3.54. The predicted octanol–water partition coefficient (Wildman–Crippen LogP) is 5.54. The van der Waals surface area contributed by atoms with Gasteiger partial charge in [0.1, 0.15) is 12.6 Å². The maximum Gasteiger partial charge on any atom is 0.264 e. The largest absolute Gasteiger partial charge is 0.357 e. The SMILES string of the molecule is CNC(=O)[C@H](Cc1ccccc1)N(Cc1ccccc1Cl)C(=O)CN(c1ccc(C)cc1C)S(=O)(=O)c1ccccc1. The fraction of sp³-hybridized carbons (Fsp3) is 0.212. The highest BCUT2D eigenvalue weighted by atomic mass is 35.5. The van der Waals surface area contributed by atoms with Crippen LogP contribution >= 0.6 is 11.6 Å². The lowest BCUT2D eigenvalue weighted by molar-refractivity contribution is -0.139. The molecule has 0 saturated carbocycles. The summed E-state index contributed by atoms with van der Waals surface area (Å²) in [6.45, 7) is 3.22. The normalized spacial score (nSPS) is 11.9. The van der Waals surface area contributed by atoms with Crippen LogP contribution in [-0.2, 0) is 32.6 Å². The number of anilines is 1.